The number of rotatable bonds is 7. The summed E-state index contributed by atoms with van der Waals surface area (Å²) in [6.45, 7) is 2.55. The van der Waals surface area contributed by atoms with Gasteiger partial charge in [-0.05, 0) is 42.8 Å². The highest BCUT2D eigenvalue weighted by atomic mass is 16.5. The van der Waals surface area contributed by atoms with Crippen molar-refractivity contribution in [3.8, 4) is 17.2 Å². The molecule has 0 aliphatic carbocycles. The van der Waals surface area contributed by atoms with Crippen molar-refractivity contribution in [3.05, 3.63) is 77.9 Å². The second kappa shape index (κ2) is 8.83. The van der Waals surface area contributed by atoms with E-state index >= 15 is 0 Å². The topological polar surface area (TPSA) is 68.8 Å². The maximum absolute atomic E-state index is 13.1. The van der Waals surface area contributed by atoms with E-state index in [-0.39, 0.29) is 5.91 Å². The lowest BCUT2D eigenvalue weighted by atomic mass is 9.99. The molecule has 1 aliphatic heterocycles. The number of ether oxygens (including phenoxy) is 3. The molecule has 0 aromatic heterocycles. The van der Waals surface area contributed by atoms with Crippen molar-refractivity contribution >= 4 is 28.6 Å². The largest absolute Gasteiger partial charge is 0.494 e. The molecule has 0 spiro atoms. The van der Waals surface area contributed by atoms with Crippen molar-refractivity contribution in [1.82, 2.24) is 0 Å². The van der Waals surface area contributed by atoms with Crippen LogP contribution in [-0.2, 0) is 4.79 Å². The molecular formula is C25H24N2O4. The quantitative estimate of drug-likeness (QED) is 0.529. The lowest BCUT2D eigenvalue weighted by molar-refractivity contribution is -0.110. The van der Waals surface area contributed by atoms with E-state index in [2.05, 4.69) is 10.6 Å². The fourth-order valence-electron chi connectivity index (χ4n) is 3.57. The number of benzene rings is 3. The summed E-state index contributed by atoms with van der Waals surface area (Å²) in [6, 6.07) is 21.0. The van der Waals surface area contributed by atoms with Crippen LogP contribution in [0, 0.1) is 0 Å². The van der Waals surface area contributed by atoms with Gasteiger partial charge in [0.1, 0.15) is 5.75 Å². The highest BCUT2D eigenvalue weighted by molar-refractivity contribution is 6.37. The van der Waals surface area contributed by atoms with Crippen LogP contribution in [0.3, 0.4) is 0 Å². The molecule has 1 amide bonds. The first kappa shape index (κ1) is 20.3. The molecule has 0 radical (unpaired) electrons. The molecule has 0 bridgehead atoms. The summed E-state index contributed by atoms with van der Waals surface area (Å²) in [7, 11) is 3.15. The third-order valence-electron chi connectivity index (χ3n) is 5.02. The Labute approximate surface area is 181 Å². The first-order chi connectivity index (χ1) is 15.1. The molecule has 2 N–H and O–H groups in total. The van der Waals surface area contributed by atoms with Crippen LogP contribution in [0.4, 0.5) is 11.4 Å². The summed E-state index contributed by atoms with van der Waals surface area (Å²) in [4.78, 5) is 13.1. The second-order valence-corrected chi connectivity index (χ2v) is 6.91. The van der Waals surface area contributed by atoms with E-state index in [4.69, 9.17) is 14.2 Å². The van der Waals surface area contributed by atoms with Crippen LogP contribution in [0.2, 0.25) is 0 Å². The maximum Gasteiger partial charge on any atom is 0.258 e. The number of anilines is 2. The van der Waals surface area contributed by atoms with Gasteiger partial charge in [0.15, 0.2) is 11.5 Å². The Morgan fingerprint density at radius 1 is 0.935 bits per heavy atom. The van der Waals surface area contributed by atoms with E-state index in [1.165, 1.54) is 0 Å². The van der Waals surface area contributed by atoms with Crippen LogP contribution in [-0.4, -0.2) is 26.7 Å². The predicted molar refractivity (Wildman–Crippen MR) is 123 cm³/mol. The minimum absolute atomic E-state index is 0.192. The third-order valence-corrected chi connectivity index (χ3v) is 5.02. The van der Waals surface area contributed by atoms with Crippen LogP contribution in [0.1, 0.15) is 18.1 Å². The molecule has 4 rings (SSSR count). The van der Waals surface area contributed by atoms with Gasteiger partial charge < -0.3 is 24.8 Å². The van der Waals surface area contributed by atoms with E-state index in [1.807, 2.05) is 67.6 Å². The van der Waals surface area contributed by atoms with Gasteiger partial charge in [-0.1, -0.05) is 30.3 Å². The fraction of sp³-hybridized carbons (Fsp3) is 0.160. The lowest BCUT2D eigenvalue weighted by Gasteiger charge is -2.16. The van der Waals surface area contributed by atoms with Gasteiger partial charge in [0.05, 0.1) is 37.8 Å². The van der Waals surface area contributed by atoms with Gasteiger partial charge in [-0.3, -0.25) is 4.79 Å². The molecule has 6 heteroatoms. The summed E-state index contributed by atoms with van der Waals surface area (Å²) in [6.07, 6.45) is 0. The first-order valence-corrected chi connectivity index (χ1v) is 10.0. The zero-order chi connectivity index (χ0) is 21.8. The highest BCUT2D eigenvalue weighted by Gasteiger charge is 2.30. The second-order valence-electron chi connectivity index (χ2n) is 6.91. The molecular weight excluding hydrogens is 392 g/mol. The van der Waals surface area contributed by atoms with Crippen molar-refractivity contribution in [3.63, 3.8) is 0 Å². The molecule has 0 saturated carbocycles. The zero-order valence-electron chi connectivity index (χ0n) is 17.7. The summed E-state index contributed by atoms with van der Waals surface area (Å²) in [5.41, 5.74) is 4.41. The molecule has 0 unspecified atom stereocenters. The van der Waals surface area contributed by atoms with Crippen molar-refractivity contribution in [2.75, 3.05) is 31.5 Å². The minimum atomic E-state index is -0.192. The van der Waals surface area contributed by atoms with Gasteiger partial charge in [0, 0.05) is 17.3 Å². The number of fused-ring (bicyclic) bond motifs is 1. The molecule has 1 aliphatic rings. The summed E-state index contributed by atoms with van der Waals surface area (Å²) >= 11 is 0. The molecule has 0 atom stereocenters. The van der Waals surface area contributed by atoms with E-state index in [9.17, 15) is 4.79 Å². The Kier molecular flexibility index (Phi) is 5.80. The Morgan fingerprint density at radius 3 is 2.26 bits per heavy atom. The van der Waals surface area contributed by atoms with Crippen LogP contribution in [0.25, 0.3) is 11.3 Å². The number of hydrogen-bond acceptors (Lipinski definition) is 5. The van der Waals surface area contributed by atoms with Crippen LogP contribution >= 0.6 is 0 Å². The van der Waals surface area contributed by atoms with Gasteiger partial charge >= 0.3 is 0 Å². The number of carbonyl (C=O) groups excluding carboxylic acids is 1. The standard InChI is InChI=1S/C25H24N2O4/c1-4-31-18-12-10-17(11-13-18)26-24(16-8-6-5-7-9-16)23-19-14-21(29-2)22(30-3)15-20(19)27-25(23)28/h5-15,26H,4H2,1-3H3,(H,27,28). The molecule has 6 nitrogen and oxygen atoms in total. The molecule has 31 heavy (non-hydrogen) atoms. The summed E-state index contributed by atoms with van der Waals surface area (Å²) < 4.78 is 16.4. The number of nitrogens with one attached hydrogen (secondary N) is 2. The molecule has 158 valence electrons. The fourth-order valence-corrected chi connectivity index (χ4v) is 3.57. The Balaban J connectivity index is 1.85. The number of hydrogen-bond donors (Lipinski definition) is 2. The van der Waals surface area contributed by atoms with E-state index in [0.717, 1.165) is 22.6 Å². The van der Waals surface area contributed by atoms with Crippen LogP contribution in [0.5, 0.6) is 17.2 Å². The monoisotopic (exact) mass is 416 g/mol. The molecule has 3 aromatic carbocycles. The molecule has 1 heterocycles. The first-order valence-electron chi connectivity index (χ1n) is 10.0. The van der Waals surface area contributed by atoms with Crippen molar-refractivity contribution in [1.29, 1.82) is 0 Å². The Hall–Kier alpha value is -3.93. The Morgan fingerprint density at radius 2 is 1.61 bits per heavy atom. The van der Waals surface area contributed by atoms with Gasteiger partial charge in [0.2, 0.25) is 0 Å². The summed E-state index contributed by atoms with van der Waals surface area (Å²) in [5.74, 6) is 1.72. The third kappa shape index (κ3) is 4.05. The average Bonchev–Trinajstić information content (AvgIpc) is 3.12. The van der Waals surface area contributed by atoms with Crippen molar-refractivity contribution in [2.45, 2.75) is 6.92 Å². The smallest absolute Gasteiger partial charge is 0.258 e. The van der Waals surface area contributed by atoms with Gasteiger partial charge in [0.25, 0.3) is 5.91 Å². The molecule has 3 aromatic rings. The van der Waals surface area contributed by atoms with E-state index in [0.29, 0.717) is 35.1 Å². The van der Waals surface area contributed by atoms with Gasteiger partial charge in [-0.15, -0.1) is 0 Å². The van der Waals surface area contributed by atoms with Gasteiger partial charge in [-0.2, -0.15) is 0 Å². The van der Waals surface area contributed by atoms with E-state index < -0.39 is 0 Å². The molecule has 0 fully saturated rings. The number of methoxy groups -OCH3 is 2. The normalized spacial score (nSPS) is 13.8. The Bertz CT molecular complexity index is 1120. The van der Waals surface area contributed by atoms with Crippen molar-refractivity contribution < 1.29 is 19.0 Å². The average molecular weight is 416 g/mol. The zero-order valence-corrected chi connectivity index (χ0v) is 17.7. The highest BCUT2D eigenvalue weighted by Crippen LogP contribution is 2.43. The predicted octanol–water partition coefficient (Wildman–Crippen LogP) is 5.04. The SMILES string of the molecule is CCOc1ccc(NC(=C2C(=O)Nc3cc(OC)c(OC)cc32)c2ccccc2)cc1. The van der Waals surface area contributed by atoms with Crippen LogP contribution in [0.15, 0.2) is 66.7 Å². The summed E-state index contributed by atoms with van der Waals surface area (Å²) in [5, 5.41) is 6.38. The number of carbonyl (C=O) groups is 1. The minimum Gasteiger partial charge on any atom is -0.494 e. The van der Waals surface area contributed by atoms with E-state index in [1.54, 1.807) is 20.3 Å². The molecule has 0 saturated heterocycles. The van der Waals surface area contributed by atoms with Crippen molar-refractivity contribution in [2.24, 2.45) is 0 Å². The number of amides is 1. The van der Waals surface area contributed by atoms with Crippen LogP contribution < -0.4 is 24.8 Å². The maximum atomic E-state index is 13.1. The van der Waals surface area contributed by atoms with Gasteiger partial charge in [-0.25, -0.2) is 0 Å². The lowest BCUT2D eigenvalue weighted by Crippen LogP contribution is -2.10.